The highest BCUT2D eigenvalue weighted by Crippen LogP contribution is 2.19. The van der Waals surface area contributed by atoms with Crippen LogP contribution in [0.5, 0.6) is 5.75 Å². The Balaban J connectivity index is 1.59. The van der Waals surface area contributed by atoms with Crippen molar-refractivity contribution in [1.82, 2.24) is 0 Å². The van der Waals surface area contributed by atoms with Gasteiger partial charge in [0.15, 0.2) is 0 Å². The molecule has 4 nitrogen and oxygen atoms in total. The molecule has 1 heterocycles. The minimum absolute atomic E-state index is 0.803. The van der Waals surface area contributed by atoms with Crippen LogP contribution < -0.4 is 14.5 Å². The Morgan fingerprint density at radius 2 is 1.78 bits per heavy atom. The lowest BCUT2D eigenvalue weighted by Gasteiger charge is -2.33. The number of methoxy groups -OCH3 is 1. The maximum atomic E-state index is 9.20. The number of nitriles is 1. The zero-order valence-electron chi connectivity index (χ0n) is 13.5. The molecule has 1 saturated heterocycles. The fourth-order valence-electron chi connectivity index (χ4n) is 3.10. The Morgan fingerprint density at radius 3 is 2.43 bits per heavy atom. The van der Waals surface area contributed by atoms with Gasteiger partial charge in [-0.05, 0) is 30.3 Å². The van der Waals surface area contributed by atoms with Crippen molar-refractivity contribution in [2.24, 2.45) is 0 Å². The Kier molecular flexibility index (Phi) is 4.80. The van der Waals surface area contributed by atoms with E-state index in [0.29, 0.717) is 0 Å². The number of nitrogens with one attached hydrogen (secondary N) is 1. The Labute approximate surface area is 137 Å². The lowest BCUT2D eigenvalue weighted by molar-refractivity contribution is -0.914. The molecule has 0 unspecified atom stereocenters. The molecule has 1 N–H and O–H groups in total. The molecule has 0 aromatic heterocycles. The van der Waals surface area contributed by atoms with Gasteiger partial charge in [0, 0.05) is 11.3 Å². The van der Waals surface area contributed by atoms with Gasteiger partial charge < -0.3 is 14.5 Å². The third-order valence-corrected chi connectivity index (χ3v) is 4.49. The van der Waals surface area contributed by atoms with E-state index in [2.05, 4.69) is 29.2 Å². The molecule has 0 amide bonds. The van der Waals surface area contributed by atoms with Gasteiger partial charge in [0.25, 0.3) is 0 Å². The number of hydrogen-bond acceptors (Lipinski definition) is 3. The van der Waals surface area contributed by atoms with Gasteiger partial charge in [-0.1, -0.05) is 18.2 Å². The summed E-state index contributed by atoms with van der Waals surface area (Å²) >= 11 is 0. The predicted molar refractivity (Wildman–Crippen MR) is 90.8 cm³/mol. The molecular formula is C19H22N3O+. The first kappa shape index (κ1) is 15.4. The van der Waals surface area contributed by atoms with Crippen LogP contribution >= 0.6 is 0 Å². The van der Waals surface area contributed by atoms with E-state index in [1.165, 1.54) is 10.6 Å². The summed E-state index contributed by atoms with van der Waals surface area (Å²) in [7, 11) is 1.69. The number of anilines is 1. The summed E-state index contributed by atoms with van der Waals surface area (Å²) in [6.07, 6.45) is 0. The second-order valence-corrected chi connectivity index (χ2v) is 5.88. The molecule has 118 valence electrons. The molecule has 0 aliphatic carbocycles. The average molecular weight is 308 g/mol. The number of hydrogen-bond donors (Lipinski definition) is 1. The second-order valence-electron chi connectivity index (χ2n) is 5.88. The van der Waals surface area contributed by atoms with Crippen LogP contribution in [0, 0.1) is 11.3 Å². The summed E-state index contributed by atoms with van der Waals surface area (Å²) in [5, 5.41) is 9.20. The first-order valence-corrected chi connectivity index (χ1v) is 8.00. The van der Waals surface area contributed by atoms with Crippen LogP contribution in [0.3, 0.4) is 0 Å². The quantitative estimate of drug-likeness (QED) is 0.930. The van der Waals surface area contributed by atoms with Crippen molar-refractivity contribution in [1.29, 1.82) is 5.26 Å². The Hall–Kier alpha value is -2.51. The summed E-state index contributed by atoms with van der Waals surface area (Å²) < 4.78 is 5.21. The molecule has 2 aromatic carbocycles. The van der Waals surface area contributed by atoms with Crippen molar-refractivity contribution < 1.29 is 9.64 Å². The van der Waals surface area contributed by atoms with Crippen LogP contribution in [0.15, 0.2) is 48.5 Å². The topological polar surface area (TPSA) is 40.7 Å². The van der Waals surface area contributed by atoms with Crippen LogP contribution in [-0.4, -0.2) is 33.3 Å². The van der Waals surface area contributed by atoms with E-state index in [4.69, 9.17) is 4.74 Å². The number of quaternary nitrogens is 1. The van der Waals surface area contributed by atoms with E-state index < -0.39 is 0 Å². The molecule has 1 aliphatic heterocycles. The van der Waals surface area contributed by atoms with E-state index in [-0.39, 0.29) is 0 Å². The summed E-state index contributed by atoms with van der Waals surface area (Å²) in [6, 6.07) is 18.5. The molecule has 1 fully saturated rings. The first-order chi connectivity index (χ1) is 11.3. The predicted octanol–water partition coefficient (Wildman–Crippen LogP) is 1.47. The van der Waals surface area contributed by atoms with Crippen molar-refractivity contribution in [2.45, 2.75) is 6.54 Å². The summed E-state index contributed by atoms with van der Waals surface area (Å²) in [6.45, 7) is 5.19. The standard InChI is InChI=1S/C19H21N3O/c1-23-19-8-6-18(7-9-19)22-12-10-21(11-13-22)15-17-5-3-2-4-16(17)14-20/h2-9H,10-13,15H2,1H3/p+1. The molecule has 0 radical (unpaired) electrons. The molecule has 2 aromatic rings. The van der Waals surface area contributed by atoms with Crippen molar-refractivity contribution in [3.05, 3.63) is 59.7 Å². The Bertz CT molecular complexity index is 683. The first-order valence-electron chi connectivity index (χ1n) is 8.00. The van der Waals surface area contributed by atoms with Crippen molar-refractivity contribution >= 4 is 5.69 Å². The second kappa shape index (κ2) is 7.17. The molecule has 0 atom stereocenters. The minimum atomic E-state index is 0.803. The number of nitrogens with zero attached hydrogens (tertiary/aromatic N) is 2. The van der Waals surface area contributed by atoms with Gasteiger partial charge in [0.2, 0.25) is 0 Å². The minimum Gasteiger partial charge on any atom is -0.497 e. The van der Waals surface area contributed by atoms with Gasteiger partial charge in [0.1, 0.15) is 12.3 Å². The summed E-state index contributed by atoms with van der Waals surface area (Å²) in [5.41, 5.74) is 3.21. The molecule has 1 aliphatic rings. The van der Waals surface area contributed by atoms with E-state index in [1.807, 2.05) is 30.3 Å². The molecule has 23 heavy (non-hydrogen) atoms. The lowest BCUT2D eigenvalue weighted by Crippen LogP contribution is -3.13. The molecule has 0 spiro atoms. The van der Waals surface area contributed by atoms with Gasteiger partial charge in [-0.25, -0.2) is 0 Å². The van der Waals surface area contributed by atoms with Gasteiger partial charge in [-0.3, -0.25) is 0 Å². The van der Waals surface area contributed by atoms with Crippen LogP contribution in [0.4, 0.5) is 5.69 Å². The Morgan fingerprint density at radius 1 is 1.09 bits per heavy atom. The SMILES string of the molecule is COc1ccc(N2CC[NH+](Cc3ccccc3C#N)CC2)cc1. The monoisotopic (exact) mass is 308 g/mol. The zero-order chi connectivity index (χ0) is 16.1. The average Bonchev–Trinajstić information content (AvgIpc) is 2.63. The number of piperazine rings is 1. The van der Waals surface area contributed by atoms with E-state index in [1.54, 1.807) is 7.11 Å². The maximum Gasteiger partial charge on any atom is 0.119 e. The van der Waals surface area contributed by atoms with E-state index in [9.17, 15) is 5.26 Å². The maximum absolute atomic E-state index is 9.20. The number of benzene rings is 2. The van der Waals surface area contributed by atoms with Gasteiger partial charge in [-0.2, -0.15) is 5.26 Å². The smallest absolute Gasteiger partial charge is 0.119 e. The third kappa shape index (κ3) is 3.64. The molecule has 4 heteroatoms. The van der Waals surface area contributed by atoms with Crippen LogP contribution in [0.1, 0.15) is 11.1 Å². The third-order valence-electron chi connectivity index (χ3n) is 4.49. The highest BCUT2D eigenvalue weighted by atomic mass is 16.5. The largest absolute Gasteiger partial charge is 0.497 e. The van der Waals surface area contributed by atoms with E-state index in [0.717, 1.165) is 49.6 Å². The van der Waals surface area contributed by atoms with Crippen LogP contribution in [0.25, 0.3) is 0 Å². The van der Waals surface area contributed by atoms with Crippen LogP contribution in [0.2, 0.25) is 0 Å². The summed E-state index contributed by atoms with van der Waals surface area (Å²) in [5.74, 6) is 0.895. The van der Waals surface area contributed by atoms with Crippen molar-refractivity contribution in [3.63, 3.8) is 0 Å². The van der Waals surface area contributed by atoms with Crippen molar-refractivity contribution in [3.8, 4) is 11.8 Å². The number of rotatable bonds is 4. The van der Waals surface area contributed by atoms with E-state index >= 15 is 0 Å². The van der Waals surface area contributed by atoms with Gasteiger partial charge in [0.05, 0.1) is 44.9 Å². The van der Waals surface area contributed by atoms with Crippen molar-refractivity contribution in [2.75, 3.05) is 38.2 Å². The summed E-state index contributed by atoms with van der Waals surface area (Å²) in [4.78, 5) is 3.96. The van der Waals surface area contributed by atoms with Gasteiger partial charge >= 0.3 is 0 Å². The van der Waals surface area contributed by atoms with Crippen LogP contribution in [-0.2, 0) is 6.54 Å². The molecule has 0 bridgehead atoms. The number of ether oxygens (including phenoxy) is 1. The highest BCUT2D eigenvalue weighted by molar-refractivity contribution is 5.49. The molecule has 0 saturated carbocycles. The molecule has 3 rings (SSSR count). The zero-order valence-corrected chi connectivity index (χ0v) is 13.5. The lowest BCUT2D eigenvalue weighted by atomic mass is 10.1. The normalized spacial score (nSPS) is 15.2. The van der Waals surface area contributed by atoms with Gasteiger partial charge in [-0.15, -0.1) is 0 Å². The molecular weight excluding hydrogens is 286 g/mol. The fraction of sp³-hybridized carbons (Fsp3) is 0.316. The fourth-order valence-corrected chi connectivity index (χ4v) is 3.10. The highest BCUT2D eigenvalue weighted by Gasteiger charge is 2.21.